The minimum atomic E-state index is -2.89. The first-order valence-electron chi connectivity index (χ1n) is 12.5. The van der Waals surface area contributed by atoms with Crippen molar-refractivity contribution in [2.45, 2.75) is 56.5 Å². The lowest BCUT2D eigenvalue weighted by Crippen LogP contribution is -2.68. The number of terminal acetylenes is 3. The van der Waals surface area contributed by atoms with Gasteiger partial charge in [-0.25, -0.2) is 0 Å². The van der Waals surface area contributed by atoms with E-state index in [0.717, 1.165) is 10.4 Å². The van der Waals surface area contributed by atoms with Crippen molar-refractivity contribution in [3.05, 3.63) is 60.7 Å². The molecule has 1 aliphatic rings. The van der Waals surface area contributed by atoms with Gasteiger partial charge in [-0.2, -0.15) is 0 Å². The van der Waals surface area contributed by atoms with Gasteiger partial charge in [-0.3, -0.25) is 0 Å². The lowest BCUT2D eigenvalue weighted by atomic mass is 9.98. The van der Waals surface area contributed by atoms with Gasteiger partial charge in [-0.15, -0.1) is 19.3 Å². The van der Waals surface area contributed by atoms with Crippen molar-refractivity contribution in [3.8, 4) is 37.0 Å². The van der Waals surface area contributed by atoms with Gasteiger partial charge >= 0.3 is 0 Å². The molecule has 0 unspecified atom stereocenters. The molecule has 1 heterocycles. The predicted molar refractivity (Wildman–Crippen MR) is 150 cm³/mol. The molecule has 1 fully saturated rings. The second-order valence-corrected chi connectivity index (χ2v) is 14.3. The van der Waals surface area contributed by atoms with Crippen molar-refractivity contribution in [1.29, 1.82) is 0 Å². The molecule has 2 aromatic carbocycles. The van der Waals surface area contributed by atoms with Crippen molar-refractivity contribution in [3.63, 3.8) is 0 Å². The Morgan fingerprint density at radius 2 is 1.21 bits per heavy atom. The van der Waals surface area contributed by atoms with E-state index in [1.165, 1.54) is 0 Å². The van der Waals surface area contributed by atoms with Crippen molar-refractivity contribution >= 4 is 18.7 Å². The second kappa shape index (κ2) is 13.8. The van der Waals surface area contributed by atoms with Crippen LogP contribution < -0.4 is 10.4 Å². The standard InChI is InChI=1S/C31H36O6Si/c1-7-20-33-27-26(37-30(32)29(35-22-9-3)28(27)34-21-8-2)23-36-38(31(4,5)6,24-16-12-10-13-17-24)25-18-14-11-15-19-25/h1-3,10-19,26-30,32H,20-23H2,4-6H3/t26-,27-,28+,29+,30+/m1/s1. The lowest BCUT2D eigenvalue weighted by molar-refractivity contribution is -0.304. The Hall–Kier alpha value is -2.90. The summed E-state index contributed by atoms with van der Waals surface area (Å²) in [6, 6.07) is 20.5. The van der Waals surface area contributed by atoms with E-state index in [1.807, 2.05) is 36.4 Å². The largest absolute Gasteiger partial charge is 0.405 e. The van der Waals surface area contributed by atoms with Crippen molar-refractivity contribution < 1.29 is 28.5 Å². The molecule has 5 atom stereocenters. The van der Waals surface area contributed by atoms with E-state index >= 15 is 0 Å². The summed E-state index contributed by atoms with van der Waals surface area (Å²) in [6.07, 6.45) is 11.8. The van der Waals surface area contributed by atoms with E-state index in [2.05, 4.69) is 62.8 Å². The quantitative estimate of drug-likeness (QED) is 0.354. The molecule has 0 aliphatic carbocycles. The zero-order valence-corrected chi connectivity index (χ0v) is 23.2. The summed E-state index contributed by atoms with van der Waals surface area (Å²) in [5.41, 5.74) is 0. The molecule has 7 heteroatoms. The van der Waals surface area contributed by atoms with Gasteiger partial charge in [0.15, 0.2) is 6.29 Å². The van der Waals surface area contributed by atoms with Crippen LogP contribution in [0.1, 0.15) is 20.8 Å². The molecular weight excluding hydrogens is 496 g/mol. The number of ether oxygens (including phenoxy) is 4. The van der Waals surface area contributed by atoms with Crippen LogP contribution in [-0.4, -0.2) is 70.6 Å². The zero-order valence-electron chi connectivity index (χ0n) is 22.2. The van der Waals surface area contributed by atoms with Crippen LogP contribution >= 0.6 is 0 Å². The van der Waals surface area contributed by atoms with Gasteiger partial charge in [0.05, 0.1) is 6.61 Å². The summed E-state index contributed by atoms with van der Waals surface area (Å²) in [5.74, 6) is 7.35. The molecule has 2 aromatic rings. The summed E-state index contributed by atoms with van der Waals surface area (Å²) in [5, 5.41) is 12.9. The fraction of sp³-hybridized carbons (Fsp3) is 0.419. The highest BCUT2D eigenvalue weighted by Crippen LogP contribution is 2.37. The average Bonchev–Trinajstić information content (AvgIpc) is 2.91. The van der Waals surface area contributed by atoms with Crippen LogP contribution in [0.4, 0.5) is 0 Å². The number of benzene rings is 2. The molecule has 0 spiro atoms. The van der Waals surface area contributed by atoms with E-state index in [-0.39, 0.29) is 31.5 Å². The fourth-order valence-electron chi connectivity index (χ4n) is 5.00. The Kier molecular flexibility index (Phi) is 10.7. The summed E-state index contributed by atoms with van der Waals surface area (Å²) in [6.45, 7) is 6.59. The Morgan fingerprint density at radius 1 is 0.763 bits per heavy atom. The summed E-state index contributed by atoms with van der Waals surface area (Å²) >= 11 is 0. The van der Waals surface area contributed by atoms with E-state index < -0.39 is 39.0 Å². The molecule has 6 nitrogen and oxygen atoms in total. The number of hydrogen-bond acceptors (Lipinski definition) is 6. The molecule has 1 N–H and O–H groups in total. The molecule has 1 saturated heterocycles. The minimum Gasteiger partial charge on any atom is -0.405 e. The van der Waals surface area contributed by atoms with Crippen LogP contribution in [-0.2, 0) is 23.4 Å². The first-order valence-corrected chi connectivity index (χ1v) is 14.4. The molecule has 200 valence electrons. The monoisotopic (exact) mass is 532 g/mol. The Labute approximate surface area is 227 Å². The molecule has 38 heavy (non-hydrogen) atoms. The molecule has 0 bridgehead atoms. The molecule has 0 amide bonds. The Balaban J connectivity index is 2.02. The maximum absolute atomic E-state index is 10.9. The third-order valence-electron chi connectivity index (χ3n) is 6.57. The van der Waals surface area contributed by atoms with Gasteiger partial charge in [-0.05, 0) is 15.4 Å². The first kappa shape index (κ1) is 29.6. The Morgan fingerprint density at radius 3 is 1.66 bits per heavy atom. The molecule has 1 aliphatic heterocycles. The van der Waals surface area contributed by atoms with Crippen molar-refractivity contribution in [1.82, 2.24) is 0 Å². The maximum atomic E-state index is 10.9. The van der Waals surface area contributed by atoms with Crippen LogP contribution in [0.2, 0.25) is 5.04 Å². The van der Waals surface area contributed by atoms with Gasteiger partial charge < -0.3 is 28.5 Å². The van der Waals surface area contributed by atoms with Gasteiger partial charge in [0, 0.05) is 0 Å². The van der Waals surface area contributed by atoms with E-state index in [0.29, 0.717) is 0 Å². The predicted octanol–water partition coefficient (Wildman–Crippen LogP) is 2.34. The van der Waals surface area contributed by atoms with E-state index in [1.54, 1.807) is 0 Å². The zero-order chi connectivity index (χ0) is 27.6. The van der Waals surface area contributed by atoms with Crippen LogP contribution in [0.15, 0.2) is 60.7 Å². The summed E-state index contributed by atoms with van der Waals surface area (Å²) in [7, 11) is -2.89. The van der Waals surface area contributed by atoms with Gasteiger partial charge in [-0.1, -0.05) is 99.2 Å². The minimum absolute atomic E-state index is 0.00237. The van der Waals surface area contributed by atoms with Crippen LogP contribution in [0.5, 0.6) is 0 Å². The second-order valence-electron chi connectivity index (χ2n) is 9.98. The highest BCUT2D eigenvalue weighted by Gasteiger charge is 2.53. The fourth-order valence-corrected chi connectivity index (χ4v) is 9.57. The lowest BCUT2D eigenvalue weighted by Gasteiger charge is -2.47. The number of aliphatic hydroxyl groups excluding tert-OH is 1. The molecule has 3 rings (SSSR count). The van der Waals surface area contributed by atoms with Gasteiger partial charge in [0.1, 0.15) is 44.2 Å². The molecular formula is C31H36O6Si. The molecule has 0 saturated carbocycles. The van der Waals surface area contributed by atoms with Crippen LogP contribution in [0.3, 0.4) is 0 Å². The number of hydrogen-bond donors (Lipinski definition) is 1. The first-order chi connectivity index (χ1) is 18.3. The van der Waals surface area contributed by atoms with Crippen LogP contribution in [0.25, 0.3) is 0 Å². The van der Waals surface area contributed by atoms with Gasteiger partial charge in [0.25, 0.3) is 8.32 Å². The van der Waals surface area contributed by atoms with Crippen molar-refractivity contribution in [2.24, 2.45) is 0 Å². The molecule has 0 aromatic heterocycles. The smallest absolute Gasteiger partial charge is 0.261 e. The normalized spacial score (nSPS) is 23.7. The van der Waals surface area contributed by atoms with E-state index in [4.69, 9.17) is 42.6 Å². The topological polar surface area (TPSA) is 66.4 Å². The highest BCUT2D eigenvalue weighted by molar-refractivity contribution is 6.99. The summed E-state index contributed by atoms with van der Waals surface area (Å²) < 4.78 is 30.7. The maximum Gasteiger partial charge on any atom is 0.261 e. The van der Waals surface area contributed by atoms with E-state index in [9.17, 15) is 5.11 Å². The molecule has 0 radical (unpaired) electrons. The van der Waals surface area contributed by atoms with Crippen LogP contribution in [0, 0.1) is 37.0 Å². The third kappa shape index (κ3) is 6.56. The van der Waals surface area contributed by atoms with Crippen molar-refractivity contribution in [2.75, 3.05) is 26.4 Å². The third-order valence-corrected chi connectivity index (χ3v) is 11.6. The Bertz CT molecular complexity index is 1090. The average molecular weight is 533 g/mol. The van der Waals surface area contributed by atoms with Gasteiger partial charge in [0.2, 0.25) is 0 Å². The number of rotatable bonds is 11. The number of aliphatic hydroxyl groups is 1. The summed E-state index contributed by atoms with van der Waals surface area (Å²) in [4.78, 5) is 0. The SMILES string of the molecule is C#CCO[C@@H]1[C@H](OCC#C)[C@@H](O)O[C@H](CO[Si](c2ccccc2)(c2ccccc2)C(C)(C)C)[C@H]1OCC#C. The highest BCUT2D eigenvalue weighted by atomic mass is 28.4.